The van der Waals surface area contributed by atoms with E-state index in [-0.39, 0.29) is 0 Å². The van der Waals surface area contributed by atoms with Gasteiger partial charge in [0.1, 0.15) is 0 Å². The fourth-order valence-corrected chi connectivity index (χ4v) is 3.34. The predicted octanol–water partition coefficient (Wildman–Crippen LogP) is 1.70. The van der Waals surface area contributed by atoms with Crippen molar-refractivity contribution in [2.24, 2.45) is 0 Å². The van der Waals surface area contributed by atoms with Crippen LogP contribution in [-0.2, 0) is 6.54 Å². The van der Waals surface area contributed by atoms with E-state index in [2.05, 4.69) is 42.1 Å². The first-order chi connectivity index (χ1) is 8.65. The largest absolute Gasteiger partial charge is 0.311 e. The average Bonchev–Trinajstić information content (AvgIpc) is 2.66. The van der Waals surface area contributed by atoms with Gasteiger partial charge >= 0.3 is 0 Å². The summed E-state index contributed by atoms with van der Waals surface area (Å²) in [7, 11) is 2.21. The summed E-state index contributed by atoms with van der Waals surface area (Å²) < 4.78 is 0. The first kappa shape index (κ1) is 14.0. The van der Waals surface area contributed by atoms with Gasteiger partial charge < -0.3 is 10.2 Å². The van der Waals surface area contributed by atoms with Crippen LogP contribution in [0.15, 0.2) is 6.07 Å². The Hall–Kier alpha value is -0.420. The van der Waals surface area contributed by atoms with Gasteiger partial charge in [0.25, 0.3) is 0 Å². The lowest BCUT2D eigenvalue weighted by molar-refractivity contribution is 0.154. The highest BCUT2D eigenvalue weighted by molar-refractivity contribution is 7.12. The second-order valence-electron chi connectivity index (χ2n) is 5.26. The van der Waals surface area contributed by atoms with Gasteiger partial charge in [0.05, 0.1) is 0 Å². The van der Waals surface area contributed by atoms with Crippen molar-refractivity contribution in [3.05, 3.63) is 21.4 Å². The standard InChI is InChI=1S/C14H25N3S/c1-12-10-14(13(2)18-12)11-15-4-5-17-8-6-16(3)7-9-17/h10,15H,4-9,11H2,1-3H3. The molecule has 2 rings (SSSR count). The van der Waals surface area contributed by atoms with Gasteiger partial charge in [-0.2, -0.15) is 0 Å². The van der Waals surface area contributed by atoms with E-state index in [1.165, 1.54) is 48.0 Å². The molecule has 1 aliphatic heterocycles. The minimum atomic E-state index is 1.02. The van der Waals surface area contributed by atoms with Crippen molar-refractivity contribution in [2.45, 2.75) is 20.4 Å². The van der Waals surface area contributed by atoms with Crippen molar-refractivity contribution >= 4 is 11.3 Å². The lowest BCUT2D eigenvalue weighted by atomic mass is 10.2. The van der Waals surface area contributed by atoms with Crippen LogP contribution in [0.5, 0.6) is 0 Å². The third kappa shape index (κ3) is 4.05. The third-order valence-corrected chi connectivity index (χ3v) is 4.67. The van der Waals surface area contributed by atoms with Crippen LogP contribution in [0.1, 0.15) is 15.3 Å². The number of piperazine rings is 1. The van der Waals surface area contributed by atoms with Gasteiger partial charge in [-0.05, 0) is 32.5 Å². The zero-order valence-corrected chi connectivity index (χ0v) is 12.6. The molecule has 102 valence electrons. The van der Waals surface area contributed by atoms with Crippen LogP contribution < -0.4 is 5.32 Å². The minimum Gasteiger partial charge on any atom is -0.311 e. The van der Waals surface area contributed by atoms with E-state index >= 15 is 0 Å². The molecule has 1 aliphatic rings. The summed E-state index contributed by atoms with van der Waals surface area (Å²) in [5, 5.41) is 3.57. The van der Waals surface area contributed by atoms with E-state index in [1.54, 1.807) is 0 Å². The number of likely N-dealkylation sites (N-methyl/N-ethyl adjacent to an activating group) is 1. The summed E-state index contributed by atoms with van der Waals surface area (Å²) in [6, 6.07) is 2.31. The highest BCUT2D eigenvalue weighted by atomic mass is 32.1. The maximum atomic E-state index is 3.57. The van der Waals surface area contributed by atoms with Gasteiger partial charge in [0, 0.05) is 55.6 Å². The fourth-order valence-electron chi connectivity index (χ4n) is 2.39. The number of aryl methyl sites for hydroxylation is 2. The molecule has 0 saturated carbocycles. The maximum absolute atomic E-state index is 3.57. The van der Waals surface area contributed by atoms with Crippen molar-refractivity contribution in [2.75, 3.05) is 46.3 Å². The topological polar surface area (TPSA) is 18.5 Å². The summed E-state index contributed by atoms with van der Waals surface area (Å²) in [5.74, 6) is 0. The van der Waals surface area contributed by atoms with Gasteiger partial charge in [-0.25, -0.2) is 0 Å². The minimum absolute atomic E-state index is 1.02. The molecule has 0 bridgehead atoms. The summed E-state index contributed by atoms with van der Waals surface area (Å²) in [5.41, 5.74) is 1.47. The summed E-state index contributed by atoms with van der Waals surface area (Å²) >= 11 is 1.90. The molecular formula is C14H25N3S. The van der Waals surface area contributed by atoms with E-state index in [0.29, 0.717) is 0 Å². The molecule has 1 saturated heterocycles. The van der Waals surface area contributed by atoms with E-state index < -0.39 is 0 Å². The number of hydrogen-bond acceptors (Lipinski definition) is 4. The monoisotopic (exact) mass is 267 g/mol. The number of rotatable bonds is 5. The summed E-state index contributed by atoms with van der Waals surface area (Å²) in [6.07, 6.45) is 0. The van der Waals surface area contributed by atoms with Crippen LogP contribution in [0.25, 0.3) is 0 Å². The van der Waals surface area contributed by atoms with E-state index in [4.69, 9.17) is 0 Å². The first-order valence-corrected chi connectivity index (χ1v) is 7.64. The van der Waals surface area contributed by atoms with Crippen molar-refractivity contribution < 1.29 is 0 Å². The van der Waals surface area contributed by atoms with Crippen molar-refractivity contribution in [1.29, 1.82) is 0 Å². The van der Waals surface area contributed by atoms with Gasteiger partial charge in [0.2, 0.25) is 0 Å². The molecule has 0 atom stereocenters. The molecule has 0 aliphatic carbocycles. The number of hydrogen-bond donors (Lipinski definition) is 1. The van der Waals surface area contributed by atoms with Crippen molar-refractivity contribution in [3.8, 4) is 0 Å². The Kier molecular flexibility index (Phi) is 5.18. The maximum Gasteiger partial charge on any atom is 0.0217 e. The molecule has 0 amide bonds. The third-order valence-electron chi connectivity index (χ3n) is 3.66. The molecule has 1 fully saturated rings. The summed E-state index contributed by atoms with van der Waals surface area (Å²) in [4.78, 5) is 7.84. The number of nitrogens with one attached hydrogen (secondary N) is 1. The molecule has 1 aromatic rings. The van der Waals surface area contributed by atoms with Gasteiger partial charge in [-0.1, -0.05) is 0 Å². The average molecular weight is 267 g/mol. The predicted molar refractivity (Wildman–Crippen MR) is 79.4 cm³/mol. The van der Waals surface area contributed by atoms with Gasteiger partial charge in [-0.15, -0.1) is 11.3 Å². The Morgan fingerprint density at radius 3 is 2.56 bits per heavy atom. The van der Waals surface area contributed by atoms with Gasteiger partial charge in [0.15, 0.2) is 0 Å². The molecular weight excluding hydrogens is 242 g/mol. The molecule has 2 heterocycles. The Bertz CT molecular complexity index is 367. The zero-order chi connectivity index (χ0) is 13.0. The lowest BCUT2D eigenvalue weighted by Gasteiger charge is -2.32. The van der Waals surface area contributed by atoms with Gasteiger partial charge in [-0.3, -0.25) is 4.90 Å². The highest BCUT2D eigenvalue weighted by Crippen LogP contribution is 2.20. The molecule has 0 aromatic carbocycles. The molecule has 18 heavy (non-hydrogen) atoms. The molecule has 1 N–H and O–H groups in total. The molecule has 4 heteroatoms. The Morgan fingerprint density at radius 1 is 1.22 bits per heavy atom. The van der Waals surface area contributed by atoms with Crippen LogP contribution in [-0.4, -0.2) is 56.1 Å². The normalized spacial score (nSPS) is 18.4. The fraction of sp³-hybridized carbons (Fsp3) is 0.714. The lowest BCUT2D eigenvalue weighted by Crippen LogP contribution is -2.46. The van der Waals surface area contributed by atoms with E-state index in [0.717, 1.165) is 13.1 Å². The summed E-state index contributed by atoms with van der Waals surface area (Å²) in [6.45, 7) is 12.5. The smallest absolute Gasteiger partial charge is 0.0217 e. The SMILES string of the molecule is Cc1cc(CNCCN2CCN(C)CC2)c(C)s1. The molecule has 3 nitrogen and oxygen atoms in total. The second kappa shape index (κ2) is 6.66. The van der Waals surface area contributed by atoms with Crippen LogP contribution in [0.2, 0.25) is 0 Å². The highest BCUT2D eigenvalue weighted by Gasteiger charge is 2.12. The molecule has 0 spiro atoms. The second-order valence-corrected chi connectivity index (χ2v) is 6.72. The molecule has 0 radical (unpaired) electrons. The molecule has 0 unspecified atom stereocenters. The van der Waals surface area contributed by atoms with Crippen LogP contribution in [0.3, 0.4) is 0 Å². The van der Waals surface area contributed by atoms with Crippen LogP contribution in [0.4, 0.5) is 0 Å². The first-order valence-electron chi connectivity index (χ1n) is 6.82. The number of thiophene rings is 1. The van der Waals surface area contributed by atoms with Crippen LogP contribution >= 0.6 is 11.3 Å². The van der Waals surface area contributed by atoms with Crippen molar-refractivity contribution in [1.82, 2.24) is 15.1 Å². The van der Waals surface area contributed by atoms with E-state index in [9.17, 15) is 0 Å². The Morgan fingerprint density at radius 2 is 1.94 bits per heavy atom. The van der Waals surface area contributed by atoms with Crippen LogP contribution in [0, 0.1) is 13.8 Å². The zero-order valence-electron chi connectivity index (χ0n) is 11.8. The molecule has 1 aromatic heterocycles. The number of nitrogens with zero attached hydrogens (tertiary/aromatic N) is 2. The van der Waals surface area contributed by atoms with E-state index in [1.807, 2.05) is 11.3 Å². The Balaban J connectivity index is 1.63. The Labute approximate surface area is 115 Å². The quantitative estimate of drug-likeness (QED) is 0.819. The van der Waals surface area contributed by atoms with Crippen molar-refractivity contribution in [3.63, 3.8) is 0 Å².